The zero-order valence-electron chi connectivity index (χ0n) is 12.2. The lowest BCUT2D eigenvalue weighted by molar-refractivity contribution is 0.102. The molecule has 1 aromatic carbocycles. The number of aromatic nitrogens is 1. The molecule has 5 heteroatoms. The van der Waals surface area contributed by atoms with Gasteiger partial charge in [-0.3, -0.25) is 4.79 Å². The molecule has 21 heavy (non-hydrogen) atoms. The molecule has 0 radical (unpaired) electrons. The van der Waals surface area contributed by atoms with Gasteiger partial charge in [-0.2, -0.15) is 0 Å². The maximum atomic E-state index is 12.4. The molecule has 2 aromatic rings. The predicted molar refractivity (Wildman–Crippen MR) is 85.2 cm³/mol. The van der Waals surface area contributed by atoms with Gasteiger partial charge in [0.2, 0.25) is 0 Å². The van der Waals surface area contributed by atoms with Crippen LogP contribution in [0.15, 0.2) is 36.5 Å². The highest BCUT2D eigenvalue weighted by Gasteiger charge is 2.15. The van der Waals surface area contributed by atoms with Crippen molar-refractivity contribution in [1.29, 1.82) is 0 Å². The molecule has 0 fully saturated rings. The lowest BCUT2D eigenvalue weighted by Gasteiger charge is -2.16. The zero-order valence-corrected chi connectivity index (χ0v) is 12.2. The molecule has 0 atom stereocenters. The number of pyridine rings is 1. The Kier molecular flexibility index (Phi) is 3.48. The minimum absolute atomic E-state index is 0.123. The van der Waals surface area contributed by atoms with Crippen molar-refractivity contribution in [3.8, 4) is 0 Å². The van der Waals surface area contributed by atoms with Gasteiger partial charge in [0.05, 0.1) is 5.69 Å². The average molecular weight is 282 g/mol. The maximum Gasteiger partial charge on any atom is 0.255 e. The molecular formula is C16H18N4O. The number of hydrogen-bond donors (Lipinski definition) is 2. The van der Waals surface area contributed by atoms with Gasteiger partial charge in [0.1, 0.15) is 0 Å². The van der Waals surface area contributed by atoms with Crippen molar-refractivity contribution < 1.29 is 4.79 Å². The molecule has 1 aliphatic heterocycles. The second kappa shape index (κ2) is 5.44. The van der Waals surface area contributed by atoms with Gasteiger partial charge in [-0.15, -0.1) is 0 Å². The number of rotatable bonds is 3. The topological polar surface area (TPSA) is 57.3 Å². The molecule has 2 heterocycles. The van der Waals surface area contributed by atoms with Gasteiger partial charge in [-0.1, -0.05) is 6.07 Å². The minimum Gasteiger partial charge on any atom is -0.384 e. The van der Waals surface area contributed by atoms with E-state index >= 15 is 0 Å². The van der Waals surface area contributed by atoms with E-state index in [9.17, 15) is 4.79 Å². The number of fused-ring (bicyclic) bond motifs is 1. The van der Waals surface area contributed by atoms with E-state index in [1.165, 1.54) is 5.56 Å². The molecular weight excluding hydrogens is 264 g/mol. The maximum absolute atomic E-state index is 12.4. The first-order valence-corrected chi connectivity index (χ1v) is 6.95. The molecule has 1 aliphatic rings. The summed E-state index contributed by atoms with van der Waals surface area (Å²) in [5.74, 6) is 0.618. The number of anilines is 3. The van der Waals surface area contributed by atoms with Crippen molar-refractivity contribution in [2.75, 3.05) is 36.2 Å². The van der Waals surface area contributed by atoms with E-state index in [1.807, 2.05) is 49.3 Å². The van der Waals surface area contributed by atoms with Crippen molar-refractivity contribution in [2.45, 2.75) is 6.42 Å². The Balaban J connectivity index is 1.84. The fourth-order valence-corrected chi connectivity index (χ4v) is 2.48. The molecule has 0 aliphatic carbocycles. The van der Waals surface area contributed by atoms with E-state index in [0.29, 0.717) is 11.3 Å². The van der Waals surface area contributed by atoms with Gasteiger partial charge < -0.3 is 15.5 Å². The Labute approximate surface area is 124 Å². The number of carbonyl (C=O) groups is 1. The smallest absolute Gasteiger partial charge is 0.255 e. The Morgan fingerprint density at radius 2 is 2.19 bits per heavy atom. The predicted octanol–water partition coefficient (Wildman–Crippen LogP) is 2.37. The molecule has 1 aromatic heterocycles. The molecule has 108 valence electrons. The molecule has 1 amide bonds. The Morgan fingerprint density at radius 1 is 1.33 bits per heavy atom. The van der Waals surface area contributed by atoms with Gasteiger partial charge in [0.15, 0.2) is 5.82 Å². The Hall–Kier alpha value is -2.56. The molecule has 0 spiro atoms. The third-order valence-electron chi connectivity index (χ3n) is 3.54. The first kappa shape index (κ1) is 13.4. The van der Waals surface area contributed by atoms with E-state index in [1.54, 1.807) is 6.20 Å². The number of hydrogen-bond acceptors (Lipinski definition) is 4. The first-order valence-electron chi connectivity index (χ1n) is 6.95. The Morgan fingerprint density at radius 3 is 3.00 bits per heavy atom. The van der Waals surface area contributed by atoms with Crippen molar-refractivity contribution in [3.05, 3.63) is 47.7 Å². The molecule has 5 nitrogen and oxygen atoms in total. The summed E-state index contributed by atoms with van der Waals surface area (Å²) in [4.78, 5) is 18.6. The molecule has 0 saturated carbocycles. The van der Waals surface area contributed by atoms with E-state index in [0.717, 1.165) is 24.5 Å². The summed E-state index contributed by atoms with van der Waals surface area (Å²) in [5, 5.41) is 6.22. The van der Waals surface area contributed by atoms with Gasteiger partial charge >= 0.3 is 0 Å². The highest BCUT2D eigenvalue weighted by Crippen LogP contribution is 2.25. The summed E-state index contributed by atoms with van der Waals surface area (Å²) < 4.78 is 0. The van der Waals surface area contributed by atoms with Crippen LogP contribution in [0, 0.1) is 0 Å². The fourth-order valence-electron chi connectivity index (χ4n) is 2.48. The average Bonchev–Trinajstić information content (AvgIpc) is 2.94. The summed E-state index contributed by atoms with van der Waals surface area (Å²) in [6.07, 6.45) is 2.73. The zero-order chi connectivity index (χ0) is 14.8. The monoisotopic (exact) mass is 282 g/mol. The molecule has 3 rings (SSSR count). The van der Waals surface area contributed by atoms with E-state index in [2.05, 4.69) is 15.6 Å². The van der Waals surface area contributed by atoms with Crippen LogP contribution in [0.3, 0.4) is 0 Å². The third kappa shape index (κ3) is 2.67. The summed E-state index contributed by atoms with van der Waals surface area (Å²) in [7, 11) is 3.80. The highest BCUT2D eigenvalue weighted by atomic mass is 16.1. The molecule has 0 bridgehead atoms. The van der Waals surface area contributed by atoms with Crippen LogP contribution in [0.1, 0.15) is 15.9 Å². The van der Waals surface area contributed by atoms with Gasteiger partial charge in [-0.25, -0.2) is 4.98 Å². The summed E-state index contributed by atoms with van der Waals surface area (Å²) in [5.41, 5.74) is 3.68. The van der Waals surface area contributed by atoms with E-state index in [-0.39, 0.29) is 5.91 Å². The summed E-state index contributed by atoms with van der Waals surface area (Å²) in [6, 6.07) is 9.45. The van der Waals surface area contributed by atoms with E-state index in [4.69, 9.17) is 0 Å². The van der Waals surface area contributed by atoms with Crippen LogP contribution < -0.4 is 15.5 Å². The van der Waals surface area contributed by atoms with Crippen LogP contribution in [0.4, 0.5) is 17.2 Å². The fraction of sp³-hybridized carbons (Fsp3) is 0.250. The van der Waals surface area contributed by atoms with Crippen molar-refractivity contribution in [2.24, 2.45) is 0 Å². The summed E-state index contributed by atoms with van der Waals surface area (Å²) in [6.45, 7) is 0.938. The van der Waals surface area contributed by atoms with Crippen molar-refractivity contribution in [1.82, 2.24) is 4.98 Å². The molecule has 0 saturated heterocycles. The van der Waals surface area contributed by atoms with Crippen molar-refractivity contribution in [3.63, 3.8) is 0 Å². The minimum atomic E-state index is -0.123. The van der Waals surface area contributed by atoms with Gasteiger partial charge in [0.25, 0.3) is 5.91 Å². The van der Waals surface area contributed by atoms with Crippen LogP contribution in [-0.4, -0.2) is 31.5 Å². The van der Waals surface area contributed by atoms with Crippen LogP contribution in [0.2, 0.25) is 0 Å². The first-order chi connectivity index (χ1) is 10.1. The van der Waals surface area contributed by atoms with Crippen LogP contribution >= 0.6 is 0 Å². The quantitative estimate of drug-likeness (QED) is 0.907. The largest absolute Gasteiger partial charge is 0.384 e. The van der Waals surface area contributed by atoms with Crippen LogP contribution in [0.5, 0.6) is 0 Å². The van der Waals surface area contributed by atoms with Gasteiger partial charge in [0, 0.05) is 38.1 Å². The van der Waals surface area contributed by atoms with Gasteiger partial charge in [-0.05, 0) is 36.2 Å². The number of carbonyl (C=O) groups excluding carboxylic acids is 1. The van der Waals surface area contributed by atoms with E-state index < -0.39 is 0 Å². The molecule has 0 unspecified atom stereocenters. The highest BCUT2D eigenvalue weighted by molar-refractivity contribution is 6.06. The second-order valence-electron chi connectivity index (χ2n) is 5.27. The third-order valence-corrected chi connectivity index (χ3v) is 3.54. The lowest BCUT2D eigenvalue weighted by Crippen LogP contribution is -2.17. The molecule has 2 N–H and O–H groups in total. The SMILES string of the molecule is CN(C)c1ncccc1NC(=O)c1ccc2c(c1)NCC2. The van der Waals surface area contributed by atoms with Crippen LogP contribution in [-0.2, 0) is 6.42 Å². The Bertz CT molecular complexity index is 682. The standard InChI is InChI=1S/C16H18N4O/c1-20(2)15-13(4-3-8-18-15)19-16(21)12-6-5-11-7-9-17-14(11)10-12/h3-6,8,10,17H,7,9H2,1-2H3,(H,19,21). The summed E-state index contributed by atoms with van der Waals surface area (Å²) >= 11 is 0. The van der Waals surface area contributed by atoms with Crippen LogP contribution in [0.25, 0.3) is 0 Å². The normalized spacial score (nSPS) is 12.5. The second-order valence-corrected chi connectivity index (χ2v) is 5.27. The number of nitrogens with zero attached hydrogens (tertiary/aromatic N) is 2. The number of amides is 1. The number of benzene rings is 1. The lowest BCUT2D eigenvalue weighted by atomic mass is 10.1. The van der Waals surface area contributed by atoms with Crippen molar-refractivity contribution >= 4 is 23.1 Å². The number of nitrogens with one attached hydrogen (secondary N) is 2.